The SMILES string of the molecule is CC1(C)CNCCC1NS(=O)(=O)c1cccs1. The maximum atomic E-state index is 12.1. The van der Waals surface area contributed by atoms with Crippen LogP contribution < -0.4 is 10.0 Å². The van der Waals surface area contributed by atoms with Crippen LogP contribution in [0.15, 0.2) is 21.7 Å². The minimum absolute atomic E-state index is 0.00384. The van der Waals surface area contributed by atoms with Gasteiger partial charge in [-0.2, -0.15) is 0 Å². The molecule has 1 aliphatic heterocycles. The van der Waals surface area contributed by atoms with Crippen molar-refractivity contribution in [2.75, 3.05) is 13.1 Å². The van der Waals surface area contributed by atoms with E-state index in [1.54, 1.807) is 17.5 Å². The molecule has 1 unspecified atom stereocenters. The lowest BCUT2D eigenvalue weighted by Crippen LogP contribution is -2.54. The van der Waals surface area contributed by atoms with E-state index < -0.39 is 10.0 Å². The third-order valence-electron chi connectivity index (χ3n) is 3.19. The quantitative estimate of drug-likeness (QED) is 0.876. The standard InChI is InChI=1S/C11H18N2O2S2/c1-11(2)8-12-6-5-9(11)13-17(14,15)10-4-3-7-16-10/h3-4,7,9,12-13H,5-6,8H2,1-2H3. The van der Waals surface area contributed by atoms with Gasteiger partial charge in [0.05, 0.1) is 0 Å². The molecular formula is C11H18N2O2S2. The van der Waals surface area contributed by atoms with Crippen molar-refractivity contribution in [3.63, 3.8) is 0 Å². The van der Waals surface area contributed by atoms with Gasteiger partial charge in [-0.05, 0) is 29.8 Å². The zero-order valence-electron chi connectivity index (χ0n) is 10.1. The Kier molecular flexibility index (Phi) is 3.58. The lowest BCUT2D eigenvalue weighted by molar-refractivity contribution is 0.206. The van der Waals surface area contributed by atoms with Gasteiger partial charge in [0.25, 0.3) is 0 Å². The molecule has 1 fully saturated rings. The zero-order valence-corrected chi connectivity index (χ0v) is 11.7. The number of hydrogen-bond donors (Lipinski definition) is 2. The van der Waals surface area contributed by atoms with E-state index in [4.69, 9.17) is 0 Å². The summed E-state index contributed by atoms with van der Waals surface area (Å²) in [5.41, 5.74) is -0.0530. The van der Waals surface area contributed by atoms with Crippen LogP contribution >= 0.6 is 11.3 Å². The van der Waals surface area contributed by atoms with Crippen LogP contribution in [0.3, 0.4) is 0 Å². The Labute approximate surface area is 106 Å². The fourth-order valence-electron chi connectivity index (χ4n) is 2.05. The maximum absolute atomic E-state index is 12.1. The molecule has 96 valence electrons. The van der Waals surface area contributed by atoms with E-state index in [2.05, 4.69) is 23.9 Å². The second kappa shape index (κ2) is 4.68. The highest BCUT2D eigenvalue weighted by Gasteiger charge is 2.35. The molecule has 0 amide bonds. The molecule has 17 heavy (non-hydrogen) atoms. The zero-order chi connectivity index (χ0) is 12.5. The van der Waals surface area contributed by atoms with Crippen molar-refractivity contribution in [3.8, 4) is 0 Å². The Morgan fingerprint density at radius 2 is 2.29 bits per heavy atom. The minimum Gasteiger partial charge on any atom is -0.316 e. The van der Waals surface area contributed by atoms with Gasteiger partial charge in [-0.25, -0.2) is 13.1 Å². The smallest absolute Gasteiger partial charge is 0.250 e. The van der Waals surface area contributed by atoms with Crippen molar-refractivity contribution in [1.82, 2.24) is 10.0 Å². The molecule has 0 saturated carbocycles. The van der Waals surface area contributed by atoms with E-state index in [0.717, 1.165) is 19.5 Å². The van der Waals surface area contributed by atoms with Gasteiger partial charge in [0, 0.05) is 12.6 Å². The molecule has 6 heteroatoms. The Bertz CT molecular complexity index is 466. The molecule has 2 rings (SSSR count). The summed E-state index contributed by atoms with van der Waals surface area (Å²) in [5, 5.41) is 5.07. The summed E-state index contributed by atoms with van der Waals surface area (Å²) in [4.78, 5) is 0. The molecule has 0 aliphatic carbocycles. The van der Waals surface area contributed by atoms with Crippen LogP contribution in [0.4, 0.5) is 0 Å². The van der Waals surface area contributed by atoms with Crippen LogP contribution in [-0.4, -0.2) is 27.5 Å². The number of rotatable bonds is 3. The predicted molar refractivity (Wildman–Crippen MR) is 69.7 cm³/mol. The number of nitrogens with one attached hydrogen (secondary N) is 2. The first-order valence-corrected chi connectivity index (χ1v) is 8.05. The van der Waals surface area contributed by atoms with Crippen LogP contribution in [-0.2, 0) is 10.0 Å². The number of sulfonamides is 1. The Balaban J connectivity index is 2.15. The molecule has 2 heterocycles. The van der Waals surface area contributed by atoms with Crippen molar-refractivity contribution in [2.24, 2.45) is 5.41 Å². The topological polar surface area (TPSA) is 58.2 Å². The first kappa shape index (κ1) is 13.0. The highest BCUT2D eigenvalue weighted by molar-refractivity contribution is 7.91. The second-order valence-electron chi connectivity index (χ2n) is 5.06. The van der Waals surface area contributed by atoms with E-state index in [1.807, 2.05) is 0 Å². The van der Waals surface area contributed by atoms with Gasteiger partial charge in [0.1, 0.15) is 4.21 Å². The molecule has 1 saturated heterocycles. The Hall–Kier alpha value is -0.430. The maximum Gasteiger partial charge on any atom is 0.250 e. The van der Waals surface area contributed by atoms with Gasteiger partial charge in [-0.3, -0.25) is 0 Å². The van der Waals surface area contributed by atoms with Gasteiger partial charge in [0.2, 0.25) is 10.0 Å². The second-order valence-corrected chi connectivity index (χ2v) is 7.95. The number of hydrogen-bond acceptors (Lipinski definition) is 4. The molecule has 0 bridgehead atoms. The molecule has 1 aliphatic rings. The van der Waals surface area contributed by atoms with E-state index in [-0.39, 0.29) is 11.5 Å². The fraction of sp³-hybridized carbons (Fsp3) is 0.636. The van der Waals surface area contributed by atoms with E-state index in [0.29, 0.717) is 4.21 Å². The fourth-order valence-corrected chi connectivity index (χ4v) is 4.50. The van der Waals surface area contributed by atoms with Crippen LogP contribution in [0.1, 0.15) is 20.3 Å². The molecular weight excluding hydrogens is 256 g/mol. The van der Waals surface area contributed by atoms with E-state index in [1.165, 1.54) is 11.3 Å². The van der Waals surface area contributed by atoms with Gasteiger partial charge in [-0.1, -0.05) is 19.9 Å². The third-order valence-corrected chi connectivity index (χ3v) is 6.06. The molecule has 1 aromatic heterocycles. The third kappa shape index (κ3) is 2.88. The molecule has 1 atom stereocenters. The Morgan fingerprint density at radius 3 is 2.88 bits per heavy atom. The first-order valence-electron chi connectivity index (χ1n) is 5.68. The average molecular weight is 274 g/mol. The van der Waals surface area contributed by atoms with Crippen LogP contribution in [0.25, 0.3) is 0 Å². The van der Waals surface area contributed by atoms with E-state index >= 15 is 0 Å². The highest BCUT2D eigenvalue weighted by Crippen LogP contribution is 2.27. The molecule has 2 N–H and O–H groups in total. The van der Waals surface area contributed by atoms with Crippen LogP contribution in [0.5, 0.6) is 0 Å². The van der Waals surface area contributed by atoms with Crippen LogP contribution in [0.2, 0.25) is 0 Å². The lowest BCUT2D eigenvalue weighted by atomic mass is 9.81. The summed E-state index contributed by atoms with van der Waals surface area (Å²) in [5.74, 6) is 0. The van der Waals surface area contributed by atoms with Gasteiger partial charge in [0.15, 0.2) is 0 Å². The highest BCUT2D eigenvalue weighted by atomic mass is 32.2. The molecule has 4 nitrogen and oxygen atoms in total. The average Bonchev–Trinajstić information content (AvgIpc) is 2.74. The predicted octanol–water partition coefficient (Wildman–Crippen LogP) is 1.41. The monoisotopic (exact) mass is 274 g/mol. The summed E-state index contributed by atoms with van der Waals surface area (Å²) in [6.45, 7) is 5.87. The van der Waals surface area contributed by atoms with E-state index in [9.17, 15) is 8.42 Å². The molecule has 1 aromatic rings. The summed E-state index contributed by atoms with van der Waals surface area (Å²) in [7, 11) is -3.35. The van der Waals surface area contributed by atoms with Crippen molar-refractivity contribution in [1.29, 1.82) is 0 Å². The largest absolute Gasteiger partial charge is 0.316 e. The Morgan fingerprint density at radius 1 is 1.53 bits per heavy atom. The van der Waals surface area contributed by atoms with Gasteiger partial charge >= 0.3 is 0 Å². The van der Waals surface area contributed by atoms with Gasteiger partial charge in [-0.15, -0.1) is 11.3 Å². The molecule has 0 aromatic carbocycles. The summed E-state index contributed by atoms with van der Waals surface area (Å²) < 4.78 is 27.5. The lowest BCUT2D eigenvalue weighted by Gasteiger charge is -2.39. The van der Waals surface area contributed by atoms with Gasteiger partial charge < -0.3 is 5.32 Å². The minimum atomic E-state index is -3.35. The number of thiophene rings is 1. The van der Waals surface area contributed by atoms with Crippen molar-refractivity contribution in [2.45, 2.75) is 30.5 Å². The normalized spacial score (nSPS) is 24.7. The van der Waals surface area contributed by atoms with Crippen molar-refractivity contribution >= 4 is 21.4 Å². The first-order chi connectivity index (χ1) is 7.92. The van der Waals surface area contributed by atoms with Crippen molar-refractivity contribution < 1.29 is 8.42 Å². The molecule has 0 radical (unpaired) electrons. The molecule has 0 spiro atoms. The summed E-state index contributed by atoms with van der Waals surface area (Å²) >= 11 is 1.25. The van der Waals surface area contributed by atoms with Crippen molar-refractivity contribution in [3.05, 3.63) is 17.5 Å². The summed E-state index contributed by atoms with van der Waals surface area (Å²) in [6, 6.07) is 3.39. The number of piperidine rings is 1. The summed E-state index contributed by atoms with van der Waals surface area (Å²) in [6.07, 6.45) is 0.831. The van der Waals surface area contributed by atoms with Crippen LogP contribution in [0, 0.1) is 5.41 Å².